The van der Waals surface area contributed by atoms with E-state index in [4.69, 9.17) is 32.7 Å². The first-order valence-electron chi connectivity index (χ1n) is 8.36. The first-order valence-corrected chi connectivity index (χ1v) is 9.91. The van der Waals surface area contributed by atoms with Gasteiger partial charge in [-0.3, -0.25) is 4.90 Å². The molecule has 27 heavy (non-hydrogen) atoms. The third-order valence-corrected chi connectivity index (χ3v) is 5.25. The average Bonchev–Trinajstić information content (AvgIpc) is 2.62. The normalized spacial score (nSPS) is 18.6. The SMILES string of the molecule is Cl.OC(COc1ccc(Cl)cc1Cl)CN1CCOC(c2ccc(Br)cc2)C1. The molecular weight excluding hydrogens is 476 g/mol. The summed E-state index contributed by atoms with van der Waals surface area (Å²) < 4.78 is 12.5. The summed E-state index contributed by atoms with van der Waals surface area (Å²) in [5, 5.41) is 11.3. The van der Waals surface area contributed by atoms with Crippen LogP contribution in [0.1, 0.15) is 11.7 Å². The third kappa shape index (κ3) is 6.79. The molecule has 0 spiro atoms. The standard InChI is InChI=1S/C19H20BrCl2NO3.ClH/c20-14-3-1-13(2-4-14)19-11-23(7-8-25-19)10-16(24)12-26-18-6-5-15(21)9-17(18)22;/h1-6,9,16,19,24H,7-8,10-12H2;1H. The van der Waals surface area contributed by atoms with Gasteiger partial charge in [0.05, 0.1) is 17.7 Å². The van der Waals surface area contributed by atoms with Crippen molar-refractivity contribution in [3.05, 3.63) is 62.5 Å². The minimum Gasteiger partial charge on any atom is -0.489 e. The summed E-state index contributed by atoms with van der Waals surface area (Å²) in [6.45, 7) is 2.84. The molecule has 3 rings (SSSR count). The molecule has 0 aromatic heterocycles. The molecule has 148 valence electrons. The van der Waals surface area contributed by atoms with E-state index < -0.39 is 6.10 Å². The number of nitrogens with zero attached hydrogens (tertiary/aromatic N) is 1. The van der Waals surface area contributed by atoms with E-state index in [1.807, 2.05) is 12.1 Å². The van der Waals surface area contributed by atoms with Gasteiger partial charge in [-0.1, -0.05) is 51.3 Å². The molecule has 2 atom stereocenters. The Kier molecular flexibility index (Phi) is 9.16. The van der Waals surface area contributed by atoms with Crippen LogP contribution in [-0.2, 0) is 4.74 Å². The van der Waals surface area contributed by atoms with Gasteiger partial charge in [0.25, 0.3) is 0 Å². The van der Waals surface area contributed by atoms with E-state index in [0.717, 1.165) is 23.1 Å². The van der Waals surface area contributed by atoms with E-state index in [-0.39, 0.29) is 25.1 Å². The number of halogens is 4. The van der Waals surface area contributed by atoms with Gasteiger partial charge in [-0.05, 0) is 35.9 Å². The number of rotatable bonds is 6. The first kappa shape index (κ1) is 22.8. The van der Waals surface area contributed by atoms with Crippen LogP contribution >= 0.6 is 51.5 Å². The number of aliphatic hydroxyl groups excluding tert-OH is 1. The van der Waals surface area contributed by atoms with Crippen molar-refractivity contribution in [3.63, 3.8) is 0 Å². The van der Waals surface area contributed by atoms with E-state index in [9.17, 15) is 5.11 Å². The quantitative estimate of drug-likeness (QED) is 0.611. The number of hydrogen-bond donors (Lipinski definition) is 1. The van der Waals surface area contributed by atoms with Crippen molar-refractivity contribution in [3.8, 4) is 5.75 Å². The molecule has 2 aromatic carbocycles. The molecule has 0 saturated carbocycles. The summed E-state index contributed by atoms with van der Waals surface area (Å²) in [7, 11) is 0. The molecule has 0 amide bonds. The monoisotopic (exact) mass is 495 g/mol. The topological polar surface area (TPSA) is 41.9 Å². The van der Waals surface area contributed by atoms with E-state index in [0.29, 0.717) is 28.9 Å². The maximum absolute atomic E-state index is 10.3. The van der Waals surface area contributed by atoms with Crippen molar-refractivity contribution < 1.29 is 14.6 Å². The van der Waals surface area contributed by atoms with Gasteiger partial charge in [0.15, 0.2) is 0 Å². The molecular formula is C19H21BrCl3NO3. The molecule has 0 aliphatic carbocycles. The Hall–Kier alpha value is -0.530. The molecule has 1 aliphatic heterocycles. The van der Waals surface area contributed by atoms with E-state index in [2.05, 4.69) is 33.0 Å². The predicted molar refractivity (Wildman–Crippen MR) is 114 cm³/mol. The molecule has 1 saturated heterocycles. The molecule has 4 nitrogen and oxygen atoms in total. The van der Waals surface area contributed by atoms with Gasteiger partial charge in [-0.2, -0.15) is 0 Å². The smallest absolute Gasteiger partial charge is 0.138 e. The second-order valence-corrected chi connectivity index (χ2v) is 7.97. The summed E-state index contributed by atoms with van der Waals surface area (Å²) in [6.07, 6.45) is -0.610. The van der Waals surface area contributed by atoms with Gasteiger partial charge in [-0.25, -0.2) is 0 Å². The molecule has 2 unspecified atom stereocenters. The number of morpholine rings is 1. The lowest BCUT2D eigenvalue weighted by Gasteiger charge is -2.34. The van der Waals surface area contributed by atoms with Crippen LogP contribution in [0.5, 0.6) is 5.75 Å². The van der Waals surface area contributed by atoms with Gasteiger partial charge in [0.1, 0.15) is 18.5 Å². The van der Waals surface area contributed by atoms with Gasteiger partial charge < -0.3 is 14.6 Å². The lowest BCUT2D eigenvalue weighted by Crippen LogP contribution is -2.43. The predicted octanol–water partition coefficient (Wildman–Crippen LogP) is 4.99. The van der Waals surface area contributed by atoms with Crippen LogP contribution in [0, 0.1) is 0 Å². The summed E-state index contributed by atoms with van der Waals surface area (Å²) >= 11 is 15.4. The molecule has 0 bridgehead atoms. The number of ether oxygens (including phenoxy) is 2. The summed E-state index contributed by atoms with van der Waals surface area (Å²) in [4.78, 5) is 2.19. The Labute approximate surface area is 183 Å². The highest BCUT2D eigenvalue weighted by molar-refractivity contribution is 9.10. The maximum atomic E-state index is 10.3. The fourth-order valence-electron chi connectivity index (χ4n) is 2.88. The largest absolute Gasteiger partial charge is 0.489 e. The van der Waals surface area contributed by atoms with E-state index >= 15 is 0 Å². The zero-order valence-electron chi connectivity index (χ0n) is 14.5. The van der Waals surface area contributed by atoms with E-state index in [1.54, 1.807) is 18.2 Å². The van der Waals surface area contributed by atoms with Crippen molar-refractivity contribution in [2.45, 2.75) is 12.2 Å². The Bertz CT molecular complexity index is 733. The van der Waals surface area contributed by atoms with Crippen molar-refractivity contribution >= 4 is 51.5 Å². The van der Waals surface area contributed by atoms with Gasteiger partial charge in [0.2, 0.25) is 0 Å². The first-order chi connectivity index (χ1) is 12.5. The Morgan fingerprint density at radius 2 is 1.96 bits per heavy atom. The fraction of sp³-hybridized carbons (Fsp3) is 0.368. The lowest BCUT2D eigenvalue weighted by atomic mass is 10.1. The van der Waals surface area contributed by atoms with Crippen LogP contribution in [0.3, 0.4) is 0 Å². The number of aliphatic hydroxyl groups is 1. The molecule has 1 fully saturated rings. The lowest BCUT2D eigenvalue weighted by molar-refractivity contribution is -0.0459. The Morgan fingerprint density at radius 3 is 2.67 bits per heavy atom. The van der Waals surface area contributed by atoms with Crippen LogP contribution in [0.15, 0.2) is 46.9 Å². The van der Waals surface area contributed by atoms with Crippen LogP contribution < -0.4 is 4.74 Å². The minimum absolute atomic E-state index is 0. The fourth-order valence-corrected chi connectivity index (χ4v) is 3.60. The zero-order chi connectivity index (χ0) is 18.5. The van der Waals surface area contributed by atoms with Crippen molar-refractivity contribution in [1.82, 2.24) is 4.90 Å². The Balaban J connectivity index is 0.00000261. The highest BCUT2D eigenvalue weighted by Crippen LogP contribution is 2.28. The Morgan fingerprint density at radius 1 is 1.22 bits per heavy atom. The molecule has 1 aliphatic rings. The highest BCUT2D eigenvalue weighted by Gasteiger charge is 2.23. The zero-order valence-corrected chi connectivity index (χ0v) is 18.4. The van der Waals surface area contributed by atoms with Crippen LogP contribution in [0.2, 0.25) is 10.0 Å². The summed E-state index contributed by atoms with van der Waals surface area (Å²) in [5.74, 6) is 0.518. The van der Waals surface area contributed by atoms with Crippen LogP contribution in [0.4, 0.5) is 0 Å². The molecule has 1 heterocycles. The minimum atomic E-state index is -0.620. The third-order valence-electron chi connectivity index (χ3n) is 4.19. The van der Waals surface area contributed by atoms with Gasteiger partial charge in [-0.15, -0.1) is 12.4 Å². The van der Waals surface area contributed by atoms with Crippen LogP contribution in [-0.4, -0.2) is 49.0 Å². The van der Waals surface area contributed by atoms with Crippen molar-refractivity contribution in [1.29, 1.82) is 0 Å². The molecule has 8 heteroatoms. The van der Waals surface area contributed by atoms with Crippen molar-refractivity contribution in [2.24, 2.45) is 0 Å². The average molecular weight is 498 g/mol. The summed E-state index contributed by atoms with van der Waals surface area (Å²) in [5.41, 5.74) is 1.14. The van der Waals surface area contributed by atoms with Gasteiger partial charge in [0, 0.05) is 29.1 Å². The molecule has 1 N–H and O–H groups in total. The van der Waals surface area contributed by atoms with Crippen LogP contribution in [0.25, 0.3) is 0 Å². The highest BCUT2D eigenvalue weighted by atomic mass is 79.9. The number of benzene rings is 2. The van der Waals surface area contributed by atoms with Gasteiger partial charge >= 0.3 is 0 Å². The van der Waals surface area contributed by atoms with Crippen molar-refractivity contribution in [2.75, 3.05) is 32.8 Å². The summed E-state index contributed by atoms with van der Waals surface area (Å²) in [6, 6.07) is 13.2. The number of β-amino-alcohol motifs (C(OH)–C–C–N with tert-alkyl or cyclic N) is 1. The second-order valence-electron chi connectivity index (χ2n) is 6.21. The van der Waals surface area contributed by atoms with E-state index in [1.165, 1.54) is 0 Å². The number of hydrogen-bond acceptors (Lipinski definition) is 4. The maximum Gasteiger partial charge on any atom is 0.138 e. The molecule has 2 aromatic rings. The molecule has 0 radical (unpaired) electrons. The second kappa shape index (κ2) is 10.9.